The van der Waals surface area contributed by atoms with Crippen molar-refractivity contribution in [3.05, 3.63) is 12.2 Å². The van der Waals surface area contributed by atoms with Gasteiger partial charge in [0, 0.05) is 0 Å². The molecule has 1 unspecified atom stereocenters. The normalized spacial score (nSPS) is 29.3. The molecule has 0 aromatic rings. The first-order chi connectivity index (χ1) is 6.74. The molecular formula is C12H18O3. The zero-order valence-electron chi connectivity index (χ0n) is 9.96. The third-order valence-corrected chi connectivity index (χ3v) is 2.98. The van der Waals surface area contributed by atoms with Crippen molar-refractivity contribution in [2.24, 2.45) is 10.8 Å². The van der Waals surface area contributed by atoms with Crippen molar-refractivity contribution in [3.63, 3.8) is 0 Å². The topological polar surface area (TPSA) is 43.4 Å². The molecule has 0 amide bonds. The molecule has 84 valence electrons. The highest BCUT2D eigenvalue weighted by molar-refractivity contribution is 6.07. The monoisotopic (exact) mass is 210 g/mol. The van der Waals surface area contributed by atoms with Crippen LogP contribution in [0.15, 0.2) is 12.2 Å². The van der Waals surface area contributed by atoms with Gasteiger partial charge in [0.15, 0.2) is 5.78 Å². The highest BCUT2D eigenvalue weighted by Crippen LogP contribution is 2.40. The summed E-state index contributed by atoms with van der Waals surface area (Å²) in [6.07, 6.45) is 3.10. The number of hydrogen-bond acceptors (Lipinski definition) is 3. The molecule has 1 saturated heterocycles. The van der Waals surface area contributed by atoms with Gasteiger partial charge in [0.25, 0.3) is 0 Å². The van der Waals surface area contributed by atoms with Gasteiger partial charge in [0.2, 0.25) is 0 Å². The summed E-state index contributed by atoms with van der Waals surface area (Å²) in [5, 5.41) is 0. The zero-order valence-corrected chi connectivity index (χ0v) is 9.96. The van der Waals surface area contributed by atoms with Gasteiger partial charge in [0.1, 0.15) is 11.5 Å². The van der Waals surface area contributed by atoms with Gasteiger partial charge in [-0.1, -0.05) is 6.08 Å². The zero-order chi connectivity index (χ0) is 11.9. The predicted molar refractivity (Wildman–Crippen MR) is 57.3 cm³/mol. The summed E-state index contributed by atoms with van der Waals surface area (Å²) in [6.45, 7) is 8.70. The fourth-order valence-electron chi connectivity index (χ4n) is 1.89. The van der Waals surface area contributed by atoms with Gasteiger partial charge in [-0.3, -0.25) is 9.59 Å². The van der Waals surface area contributed by atoms with Crippen molar-refractivity contribution in [2.45, 2.75) is 40.7 Å². The average molecular weight is 210 g/mol. The predicted octanol–water partition coefficient (Wildman–Crippen LogP) is 2.11. The van der Waals surface area contributed by atoms with Crippen molar-refractivity contribution in [3.8, 4) is 0 Å². The summed E-state index contributed by atoms with van der Waals surface area (Å²) in [7, 11) is 0. The summed E-state index contributed by atoms with van der Waals surface area (Å²) in [5.74, 6) is -0.496. The SMILES string of the molecule is C/C=C/C1OC(=O)C(C)(C)C(=O)C1(C)C. The second-order valence-corrected chi connectivity index (χ2v) is 5.03. The summed E-state index contributed by atoms with van der Waals surface area (Å²) in [5.41, 5.74) is -1.68. The minimum Gasteiger partial charge on any atom is -0.456 e. The molecule has 0 aromatic carbocycles. The number of Topliss-reactive ketones (excluding diaryl/α,β-unsaturated/α-hetero) is 1. The first kappa shape index (κ1) is 12.0. The van der Waals surface area contributed by atoms with Gasteiger partial charge in [-0.25, -0.2) is 0 Å². The van der Waals surface area contributed by atoms with Crippen LogP contribution in [0.4, 0.5) is 0 Å². The largest absolute Gasteiger partial charge is 0.456 e. The number of cyclic esters (lactones) is 1. The van der Waals surface area contributed by atoms with Crippen LogP contribution in [-0.4, -0.2) is 17.9 Å². The molecule has 15 heavy (non-hydrogen) atoms. The molecule has 1 atom stereocenters. The van der Waals surface area contributed by atoms with E-state index in [-0.39, 0.29) is 5.78 Å². The molecule has 0 radical (unpaired) electrons. The first-order valence-electron chi connectivity index (χ1n) is 5.13. The van der Waals surface area contributed by atoms with Crippen LogP contribution in [0.3, 0.4) is 0 Å². The molecule has 3 heteroatoms. The van der Waals surface area contributed by atoms with Crippen LogP contribution in [0.1, 0.15) is 34.6 Å². The molecular weight excluding hydrogens is 192 g/mol. The van der Waals surface area contributed by atoms with E-state index < -0.39 is 22.9 Å². The van der Waals surface area contributed by atoms with Crippen molar-refractivity contribution in [2.75, 3.05) is 0 Å². The molecule has 0 bridgehead atoms. The maximum Gasteiger partial charge on any atom is 0.319 e. The number of rotatable bonds is 1. The molecule has 1 aliphatic heterocycles. The Morgan fingerprint density at radius 3 is 2.20 bits per heavy atom. The highest BCUT2D eigenvalue weighted by Gasteiger charge is 2.54. The lowest BCUT2D eigenvalue weighted by Gasteiger charge is -2.41. The van der Waals surface area contributed by atoms with Gasteiger partial charge in [-0.15, -0.1) is 0 Å². The maximum atomic E-state index is 12.1. The number of hydrogen-bond donors (Lipinski definition) is 0. The van der Waals surface area contributed by atoms with E-state index in [1.807, 2.05) is 20.8 Å². The van der Waals surface area contributed by atoms with Gasteiger partial charge < -0.3 is 4.74 Å². The second-order valence-electron chi connectivity index (χ2n) is 5.03. The fourth-order valence-corrected chi connectivity index (χ4v) is 1.89. The Morgan fingerprint density at radius 1 is 1.20 bits per heavy atom. The summed E-state index contributed by atoms with van der Waals surface area (Å²) >= 11 is 0. The molecule has 1 fully saturated rings. The van der Waals surface area contributed by atoms with Gasteiger partial charge in [-0.05, 0) is 40.7 Å². The second kappa shape index (κ2) is 3.47. The summed E-state index contributed by atoms with van der Waals surface area (Å²) in [4.78, 5) is 23.8. The Hall–Kier alpha value is -1.12. The third-order valence-electron chi connectivity index (χ3n) is 2.98. The molecule has 0 aromatic heterocycles. The highest BCUT2D eigenvalue weighted by atomic mass is 16.5. The van der Waals surface area contributed by atoms with Crippen molar-refractivity contribution in [1.82, 2.24) is 0 Å². The van der Waals surface area contributed by atoms with E-state index in [0.29, 0.717) is 0 Å². The number of ketones is 1. The number of carbonyl (C=O) groups excluding carboxylic acids is 2. The van der Waals surface area contributed by atoms with Crippen molar-refractivity contribution in [1.29, 1.82) is 0 Å². The molecule has 0 N–H and O–H groups in total. The van der Waals surface area contributed by atoms with Crippen LogP contribution in [0, 0.1) is 10.8 Å². The van der Waals surface area contributed by atoms with E-state index in [4.69, 9.17) is 4.74 Å². The number of esters is 1. The Kier molecular flexibility index (Phi) is 2.77. The molecule has 3 nitrogen and oxygen atoms in total. The maximum absolute atomic E-state index is 12.1. The van der Waals surface area contributed by atoms with Crippen LogP contribution in [0.5, 0.6) is 0 Å². The third kappa shape index (κ3) is 1.71. The molecule has 1 rings (SSSR count). The Bertz CT molecular complexity index is 324. The van der Waals surface area contributed by atoms with Crippen LogP contribution in [0.2, 0.25) is 0 Å². The Morgan fingerprint density at radius 2 is 1.73 bits per heavy atom. The lowest BCUT2D eigenvalue weighted by molar-refractivity contribution is -0.181. The lowest BCUT2D eigenvalue weighted by atomic mass is 9.68. The number of carbonyl (C=O) groups is 2. The Labute approximate surface area is 90.5 Å². The smallest absolute Gasteiger partial charge is 0.319 e. The average Bonchev–Trinajstić information content (AvgIpc) is 2.13. The van der Waals surface area contributed by atoms with Crippen LogP contribution < -0.4 is 0 Å². The van der Waals surface area contributed by atoms with Crippen molar-refractivity contribution < 1.29 is 14.3 Å². The van der Waals surface area contributed by atoms with Gasteiger partial charge in [-0.2, -0.15) is 0 Å². The van der Waals surface area contributed by atoms with Crippen LogP contribution in [-0.2, 0) is 14.3 Å². The fraction of sp³-hybridized carbons (Fsp3) is 0.667. The molecule has 0 spiro atoms. The van der Waals surface area contributed by atoms with Gasteiger partial charge in [0.05, 0.1) is 5.41 Å². The summed E-state index contributed by atoms with van der Waals surface area (Å²) < 4.78 is 5.28. The molecule has 0 saturated carbocycles. The quantitative estimate of drug-likeness (QED) is 0.378. The molecule has 0 aliphatic carbocycles. The van der Waals surface area contributed by atoms with E-state index in [2.05, 4.69) is 0 Å². The minimum atomic E-state index is -1.03. The lowest BCUT2D eigenvalue weighted by Crippen LogP contribution is -2.55. The van der Waals surface area contributed by atoms with Crippen LogP contribution in [0.25, 0.3) is 0 Å². The van der Waals surface area contributed by atoms with Crippen molar-refractivity contribution >= 4 is 11.8 Å². The Balaban J connectivity index is 3.13. The van der Waals surface area contributed by atoms with E-state index >= 15 is 0 Å². The molecule has 1 heterocycles. The minimum absolute atomic E-state index is 0.0608. The van der Waals surface area contributed by atoms with E-state index in [1.54, 1.807) is 26.0 Å². The van der Waals surface area contributed by atoms with Gasteiger partial charge >= 0.3 is 5.97 Å². The standard InChI is InChI=1S/C12H18O3/c1-6-7-8-11(2,3)9(13)12(4,5)10(14)15-8/h6-8H,1-5H3/b7-6+. The van der Waals surface area contributed by atoms with E-state index in [1.165, 1.54) is 0 Å². The van der Waals surface area contributed by atoms with E-state index in [0.717, 1.165) is 0 Å². The van der Waals surface area contributed by atoms with Crippen LogP contribution >= 0.6 is 0 Å². The number of allylic oxidation sites excluding steroid dienone is 1. The van der Waals surface area contributed by atoms with E-state index in [9.17, 15) is 9.59 Å². The number of ether oxygens (including phenoxy) is 1. The summed E-state index contributed by atoms with van der Waals surface area (Å²) in [6, 6.07) is 0. The molecule has 1 aliphatic rings. The first-order valence-corrected chi connectivity index (χ1v) is 5.13.